The molecule has 1 unspecified atom stereocenters. The van der Waals surface area contributed by atoms with E-state index in [4.69, 9.17) is 4.74 Å². The fraction of sp³-hybridized carbons (Fsp3) is 0.462. The summed E-state index contributed by atoms with van der Waals surface area (Å²) < 4.78 is 5.33. The molecule has 18 heavy (non-hydrogen) atoms. The van der Waals surface area contributed by atoms with E-state index < -0.39 is 5.60 Å². The highest BCUT2D eigenvalue weighted by Gasteiger charge is 2.35. The molecule has 0 radical (unpaired) electrons. The first kappa shape index (κ1) is 12.9. The third kappa shape index (κ3) is 2.80. The van der Waals surface area contributed by atoms with E-state index in [2.05, 4.69) is 0 Å². The minimum atomic E-state index is -0.690. The molecule has 1 fully saturated rings. The summed E-state index contributed by atoms with van der Waals surface area (Å²) in [5.74, 6) is 0.112. The van der Waals surface area contributed by atoms with Crippen molar-refractivity contribution in [1.82, 2.24) is 4.90 Å². The van der Waals surface area contributed by atoms with Crippen LogP contribution in [0.5, 0.6) is 5.75 Å². The number of aliphatic hydroxyl groups is 1. The molecular weight excluding hydrogens is 234 g/mol. The number of aromatic hydroxyl groups is 1. The van der Waals surface area contributed by atoms with Crippen molar-refractivity contribution in [3.8, 4) is 5.75 Å². The molecule has 0 bridgehead atoms. The second-order valence-corrected chi connectivity index (χ2v) is 4.81. The maximum atomic E-state index is 11.7. The zero-order valence-electron chi connectivity index (χ0n) is 10.3. The van der Waals surface area contributed by atoms with Gasteiger partial charge in [-0.25, -0.2) is 0 Å². The van der Waals surface area contributed by atoms with E-state index in [1.54, 1.807) is 36.1 Å². The molecule has 1 atom stereocenters. The maximum absolute atomic E-state index is 11.7. The Hall–Kier alpha value is -1.59. The maximum Gasteiger partial charge on any atom is 0.249 e. The highest BCUT2D eigenvalue weighted by molar-refractivity contribution is 5.78. The summed E-state index contributed by atoms with van der Waals surface area (Å²) in [6.45, 7) is 2.48. The Kier molecular flexibility index (Phi) is 3.54. The molecule has 0 spiro atoms. The Balaban J connectivity index is 2.07. The van der Waals surface area contributed by atoms with E-state index >= 15 is 0 Å². The van der Waals surface area contributed by atoms with Gasteiger partial charge >= 0.3 is 0 Å². The van der Waals surface area contributed by atoms with Crippen LogP contribution in [0.2, 0.25) is 0 Å². The summed E-state index contributed by atoms with van der Waals surface area (Å²) in [5.41, 5.74) is 0.244. The highest BCUT2D eigenvalue weighted by atomic mass is 16.5. The van der Waals surface area contributed by atoms with Crippen LogP contribution in [0, 0.1) is 0 Å². The second-order valence-electron chi connectivity index (χ2n) is 4.81. The van der Waals surface area contributed by atoms with E-state index in [1.165, 1.54) is 0 Å². The number of carbonyl (C=O) groups excluding carboxylic acids is 1. The van der Waals surface area contributed by atoms with Crippen molar-refractivity contribution in [2.24, 2.45) is 0 Å². The fourth-order valence-corrected chi connectivity index (χ4v) is 1.93. The van der Waals surface area contributed by atoms with Crippen LogP contribution in [0.15, 0.2) is 24.3 Å². The zero-order valence-corrected chi connectivity index (χ0v) is 10.3. The van der Waals surface area contributed by atoms with Crippen LogP contribution in [-0.2, 0) is 16.1 Å². The molecule has 1 saturated heterocycles. The molecular formula is C13H17NO4. The molecule has 1 heterocycles. The van der Waals surface area contributed by atoms with Crippen molar-refractivity contribution < 1.29 is 19.7 Å². The van der Waals surface area contributed by atoms with E-state index in [0.29, 0.717) is 13.1 Å². The van der Waals surface area contributed by atoms with Crippen LogP contribution in [0.3, 0.4) is 0 Å². The summed E-state index contributed by atoms with van der Waals surface area (Å²) >= 11 is 0. The zero-order chi connectivity index (χ0) is 13.2. The van der Waals surface area contributed by atoms with Gasteiger partial charge in [0.1, 0.15) is 18.0 Å². The van der Waals surface area contributed by atoms with Gasteiger partial charge in [-0.15, -0.1) is 0 Å². The molecule has 2 N–H and O–H groups in total. The van der Waals surface area contributed by atoms with E-state index in [9.17, 15) is 15.0 Å². The van der Waals surface area contributed by atoms with Crippen LogP contribution in [-0.4, -0.2) is 46.4 Å². The van der Waals surface area contributed by atoms with Gasteiger partial charge in [0.05, 0.1) is 13.2 Å². The number of hydrogen-bond acceptors (Lipinski definition) is 4. The summed E-state index contributed by atoms with van der Waals surface area (Å²) in [4.78, 5) is 13.4. The van der Waals surface area contributed by atoms with E-state index in [1.807, 2.05) is 0 Å². The van der Waals surface area contributed by atoms with Crippen molar-refractivity contribution in [3.05, 3.63) is 29.8 Å². The van der Waals surface area contributed by atoms with Gasteiger partial charge < -0.3 is 19.8 Å². The summed E-state index contributed by atoms with van der Waals surface area (Å²) in [5, 5.41) is 18.5. The highest BCUT2D eigenvalue weighted by Crippen LogP contribution is 2.20. The van der Waals surface area contributed by atoms with Crippen LogP contribution in [0.25, 0.3) is 0 Å². The first-order valence-corrected chi connectivity index (χ1v) is 5.83. The van der Waals surface area contributed by atoms with Gasteiger partial charge in [0.2, 0.25) is 5.91 Å². The first-order chi connectivity index (χ1) is 8.52. The lowest BCUT2D eigenvalue weighted by atomic mass is 10.0. The molecule has 5 heteroatoms. The minimum Gasteiger partial charge on any atom is -0.508 e. The second kappa shape index (κ2) is 4.96. The molecule has 0 saturated carbocycles. The van der Waals surface area contributed by atoms with Gasteiger partial charge in [-0.3, -0.25) is 4.79 Å². The molecule has 1 aliphatic heterocycles. The van der Waals surface area contributed by atoms with Gasteiger partial charge in [-0.2, -0.15) is 0 Å². The average molecular weight is 251 g/mol. The van der Waals surface area contributed by atoms with Crippen molar-refractivity contribution in [3.63, 3.8) is 0 Å². The summed E-state index contributed by atoms with van der Waals surface area (Å²) in [6.07, 6.45) is 0. The SMILES string of the molecule is CC1(CO)CN(Cc2ccc(O)cc2)C(=O)CO1. The Morgan fingerprint density at radius 2 is 2.06 bits per heavy atom. The number of nitrogens with zero attached hydrogens (tertiary/aromatic N) is 1. The van der Waals surface area contributed by atoms with Crippen molar-refractivity contribution in [1.29, 1.82) is 0 Å². The molecule has 1 aromatic rings. The van der Waals surface area contributed by atoms with Crippen LogP contribution < -0.4 is 0 Å². The number of ether oxygens (including phenoxy) is 1. The van der Waals surface area contributed by atoms with E-state index in [-0.39, 0.29) is 24.9 Å². The predicted molar refractivity (Wildman–Crippen MR) is 65.0 cm³/mol. The Labute approximate surface area is 106 Å². The summed E-state index contributed by atoms with van der Waals surface area (Å²) in [6, 6.07) is 6.72. The Morgan fingerprint density at radius 1 is 1.39 bits per heavy atom. The van der Waals surface area contributed by atoms with Crippen LogP contribution in [0.1, 0.15) is 12.5 Å². The van der Waals surface area contributed by atoms with Gasteiger partial charge in [0.25, 0.3) is 0 Å². The molecule has 5 nitrogen and oxygen atoms in total. The van der Waals surface area contributed by atoms with Crippen molar-refractivity contribution in [2.75, 3.05) is 19.8 Å². The first-order valence-electron chi connectivity index (χ1n) is 5.83. The number of carbonyl (C=O) groups is 1. The standard InChI is InChI=1S/C13H17NO4/c1-13(9-15)8-14(12(17)7-18-13)6-10-2-4-11(16)5-3-10/h2-5,15-16H,6-9H2,1H3. The molecule has 2 rings (SSSR count). The van der Waals surface area contributed by atoms with E-state index in [0.717, 1.165) is 5.56 Å². The molecule has 98 valence electrons. The Bertz CT molecular complexity index is 431. The number of morpholine rings is 1. The third-order valence-corrected chi connectivity index (χ3v) is 3.07. The minimum absolute atomic E-state index is 0.00482. The van der Waals surface area contributed by atoms with Crippen LogP contribution in [0.4, 0.5) is 0 Å². The van der Waals surface area contributed by atoms with Gasteiger partial charge in [-0.1, -0.05) is 12.1 Å². The number of phenols is 1. The smallest absolute Gasteiger partial charge is 0.249 e. The number of amides is 1. The molecule has 1 aliphatic rings. The third-order valence-electron chi connectivity index (χ3n) is 3.07. The normalized spacial score (nSPS) is 24.3. The number of hydrogen-bond donors (Lipinski definition) is 2. The van der Waals surface area contributed by atoms with Crippen LogP contribution >= 0.6 is 0 Å². The molecule has 1 amide bonds. The molecule has 1 aromatic carbocycles. The number of benzene rings is 1. The number of phenolic OH excluding ortho intramolecular Hbond substituents is 1. The average Bonchev–Trinajstić information content (AvgIpc) is 2.37. The van der Waals surface area contributed by atoms with Crippen molar-refractivity contribution in [2.45, 2.75) is 19.1 Å². The molecule has 0 aliphatic carbocycles. The fourth-order valence-electron chi connectivity index (χ4n) is 1.93. The molecule has 0 aromatic heterocycles. The van der Waals surface area contributed by atoms with Gasteiger partial charge in [-0.05, 0) is 24.6 Å². The topological polar surface area (TPSA) is 70.0 Å². The summed E-state index contributed by atoms with van der Waals surface area (Å²) in [7, 11) is 0. The predicted octanol–water partition coefficient (Wildman–Crippen LogP) is 0.502. The Morgan fingerprint density at radius 3 is 2.67 bits per heavy atom. The van der Waals surface area contributed by atoms with Crippen molar-refractivity contribution >= 4 is 5.91 Å². The van der Waals surface area contributed by atoms with Gasteiger partial charge in [0, 0.05) is 6.54 Å². The number of aliphatic hydroxyl groups excluding tert-OH is 1. The lowest BCUT2D eigenvalue weighted by molar-refractivity contribution is -0.167. The van der Waals surface area contributed by atoms with Gasteiger partial charge in [0.15, 0.2) is 0 Å². The number of rotatable bonds is 3. The largest absolute Gasteiger partial charge is 0.508 e. The lowest BCUT2D eigenvalue weighted by Crippen LogP contribution is -2.54. The monoisotopic (exact) mass is 251 g/mol. The quantitative estimate of drug-likeness (QED) is 0.821. The lowest BCUT2D eigenvalue weighted by Gasteiger charge is -2.39.